The van der Waals surface area contributed by atoms with Crippen molar-refractivity contribution in [3.8, 4) is 0 Å². The van der Waals surface area contributed by atoms with E-state index >= 15 is 0 Å². The number of nitrogens with two attached hydrogens (primary N) is 1. The molecule has 0 fully saturated rings. The van der Waals surface area contributed by atoms with E-state index < -0.39 is 0 Å². The van der Waals surface area contributed by atoms with Crippen LogP contribution in [0, 0.1) is 0 Å². The van der Waals surface area contributed by atoms with Crippen molar-refractivity contribution >= 4 is 23.5 Å². The van der Waals surface area contributed by atoms with Crippen molar-refractivity contribution in [2.75, 3.05) is 6.54 Å². The Morgan fingerprint density at radius 2 is 2.12 bits per heavy atom. The van der Waals surface area contributed by atoms with Gasteiger partial charge in [-0.1, -0.05) is 23.7 Å². The number of hydrogen-bond acceptors (Lipinski definition) is 4. The van der Waals surface area contributed by atoms with Gasteiger partial charge in [-0.05, 0) is 17.7 Å². The predicted molar refractivity (Wildman–Crippen MR) is 61.6 cm³/mol. The van der Waals surface area contributed by atoms with Crippen LogP contribution < -0.4 is 11.3 Å². The van der Waals surface area contributed by atoms with E-state index in [1.807, 2.05) is 12.1 Å². The summed E-state index contributed by atoms with van der Waals surface area (Å²) in [5, 5.41) is 0.669. The molecule has 0 atom stereocenters. The van der Waals surface area contributed by atoms with Gasteiger partial charge in [0.25, 0.3) is 5.91 Å². The van der Waals surface area contributed by atoms with Crippen molar-refractivity contribution < 1.29 is 4.79 Å². The van der Waals surface area contributed by atoms with E-state index in [1.165, 1.54) is 4.90 Å². The van der Waals surface area contributed by atoms with Gasteiger partial charge in [0.15, 0.2) is 0 Å². The Labute approximate surface area is 97.9 Å². The second kappa shape index (κ2) is 4.51. The molecule has 0 saturated carbocycles. The number of carbonyl (C=O) groups excluding carboxylic acids is 1. The van der Waals surface area contributed by atoms with Crippen molar-refractivity contribution in [1.82, 2.24) is 10.3 Å². The predicted octanol–water partition coefficient (Wildman–Crippen LogP) is 0.502. The number of nitrogens with zero attached hydrogens (tertiary/aromatic N) is 2. The van der Waals surface area contributed by atoms with Crippen molar-refractivity contribution in [1.29, 1.82) is 0 Å². The summed E-state index contributed by atoms with van der Waals surface area (Å²) in [7, 11) is 0. The summed E-state index contributed by atoms with van der Waals surface area (Å²) in [5.41, 5.74) is 3.38. The fourth-order valence-electron chi connectivity index (χ4n) is 1.49. The first-order valence-electron chi connectivity index (χ1n) is 4.76. The van der Waals surface area contributed by atoms with Crippen LogP contribution in [0.3, 0.4) is 0 Å². The molecule has 1 aliphatic rings. The first-order chi connectivity index (χ1) is 7.70. The summed E-state index contributed by atoms with van der Waals surface area (Å²) in [4.78, 5) is 17.0. The summed E-state index contributed by atoms with van der Waals surface area (Å²) in [6.45, 7) is 0.589. The second-order valence-corrected chi connectivity index (χ2v) is 3.83. The van der Waals surface area contributed by atoms with Crippen LogP contribution >= 0.6 is 11.6 Å². The number of guanidine groups is 1. The van der Waals surface area contributed by atoms with E-state index in [4.69, 9.17) is 17.4 Å². The molecular formula is C10H11ClN4O. The highest BCUT2D eigenvalue weighted by Crippen LogP contribution is 2.13. The number of hydrogen-bond donors (Lipinski definition) is 2. The van der Waals surface area contributed by atoms with E-state index in [2.05, 4.69) is 10.4 Å². The summed E-state index contributed by atoms with van der Waals surface area (Å²) < 4.78 is 0. The SMILES string of the molecule is NNC1=NCC(=O)N1Cc1ccc(Cl)cc1. The van der Waals surface area contributed by atoms with Crippen LogP contribution in [0.4, 0.5) is 0 Å². The van der Waals surface area contributed by atoms with Gasteiger partial charge in [0, 0.05) is 5.02 Å². The first-order valence-corrected chi connectivity index (χ1v) is 5.14. The van der Waals surface area contributed by atoms with Gasteiger partial charge < -0.3 is 0 Å². The van der Waals surface area contributed by atoms with Crippen LogP contribution in [-0.4, -0.2) is 23.3 Å². The molecule has 1 aromatic carbocycles. The number of rotatable bonds is 2. The van der Waals surface area contributed by atoms with E-state index in [1.54, 1.807) is 12.1 Å². The zero-order chi connectivity index (χ0) is 11.5. The zero-order valence-corrected chi connectivity index (χ0v) is 9.24. The minimum Gasteiger partial charge on any atom is -0.294 e. The second-order valence-electron chi connectivity index (χ2n) is 3.39. The van der Waals surface area contributed by atoms with E-state index in [0.29, 0.717) is 17.5 Å². The normalized spacial score (nSPS) is 15.2. The Bertz CT molecular complexity index is 429. The summed E-state index contributed by atoms with van der Waals surface area (Å²) in [6, 6.07) is 7.29. The molecule has 0 saturated heterocycles. The zero-order valence-electron chi connectivity index (χ0n) is 8.48. The maximum atomic E-state index is 11.5. The Morgan fingerprint density at radius 3 is 2.75 bits per heavy atom. The third-order valence-electron chi connectivity index (χ3n) is 2.30. The van der Waals surface area contributed by atoms with Gasteiger partial charge in [0.1, 0.15) is 6.54 Å². The van der Waals surface area contributed by atoms with Crippen molar-refractivity contribution in [3.05, 3.63) is 34.9 Å². The van der Waals surface area contributed by atoms with E-state index in [0.717, 1.165) is 5.56 Å². The maximum absolute atomic E-state index is 11.5. The monoisotopic (exact) mass is 238 g/mol. The topological polar surface area (TPSA) is 70.7 Å². The molecule has 84 valence electrons. The molecule has 1 amide bonds. The molecule has 0 spiro atoms. The molecule has 16 heavy (non-hydrogen) atoms. The molecule has 0 bridgehead atoms. The number of benzene rings is 1. The van der Waals surface area contributed by atoms with Gasteiger partial charge in [-0.2, -0.15) is 0 Å². The van der Waals surface area contributed by atoms with Crippen molar-refractivity contribution in [3.63, 3.8) is 0 Å². The Kier molecular flexibility index (Phi) is 3.07. The van der Waals surface area contributed by atoms with Gasteiger partial charge in [-0.15, -0.1) is 0 Å². The largest absolute Gasteiger partial charge is 0.294 e. The van der Waals surface area contributed by atoms with Gasteiger partial charge in [0.05, 0.1) is 6.54 Å². The molecule has 3 N–H and O–H groups in total. The molecule has 0 radical (unpaired) electrons. The number of halogens is 1. The molecule has 1 aliphatic heterocycles. The minimum atomic E-state index is -0.0668. The highest BCUT2D eigenvalue weighted by atomic mass is 35.5. The minimum absolute atomic E-state index is 0.0668. The molecule has 5 nitrogen and oxygen atoms in total. The molecule has 2 rings (SSSR count). The van der Waals surface area contributed by atoms with Gasteiger partial charge in [0.2, 0.25) is 5.96 Å². The Morgan fingerprint density at radius 1 is 1.44 bits per heavy atom. The lowest BCUT2D eigenvalue weighted by Gasteiger charge is -2.17. The van der Waals surface area contributed by atoms with Crippen LogP contribution in [0.1, 0.15) is 5.56 Å². The van der Waals surface area contributed by atoms with Gasteiger partial charge >= 0.3 is 0 Å². The smallest absolute Gasteiger partial charge is 0.251 e. The van der Waals surface area contributed by atoms with Crippen LogP contribution in [0.25, 0.3) is 0 Å². The number of carbonyl (C=O) groups is 1. The average Bonchev–Trinajstić information content (AvgIpc) is 2.63. The molecule has 6 heteroatoms. The first kappa shape index (κ1) is 10.9. The number of nitrogens with one attached hydrogen (secondary N) is 1. The highest BCUT2D eigenvalue weighted by Gasteiger charge is 2.24. The standard InChI is InChI=1S/C10H11ClN4O/c11-8-3-1-7(2-4-8)6-15-9(16)5-13-10(15)14-12/h1-4H,5-6,12H2,(H,13,14). The van der Waals surface area contributed by atoms with Crippen LogP contribution in [0.15, 0.2) is 29.3 Å². The third kappa shape index (κ3) is 2.15. The quantitative estimate of drug-likeness (QED) is 0.582. The van der Waals surface area contributed by atoms with Gasteiger partial charge in [-0.25, -0.2) is 10.8 Å². The average molecular weight is 239 g/mol. The van der Waals surface area contributed by atoms with Crippen LogP contribution in [0.5, 0.6) is 0 Å². The number of amides is 1. The fourth-order valence-corrected chi connectivity index (χ4v) is 1.62. The van der Waals surface area contributed by atoms with Crippen LogP contribution in [0.2, 0.25) is 5.02 Å². The number of hydrazine groups is 1. The van der Waals surface area contributed by atoms with E-state index in [-0.39, 0.29) is 12.5 Å². The molecule has 0 unspecified atom stereocenters. The molecular weight excluding hydrogens is 228 g/mol. The lowest BCUT2D eigenvalue weighted by molar-refractivity contribution is -0.125. The third-order valence-corrected chi connectivity index (χ3v) is 2.56. The Hall–Kier alpha value is -1.59. The Balaban J connectivity index is 2.12. The van der Waals surface area contributed by atoms with Crippen molar-refractivity contribution in [2.45, 2.75) is 6.54 Å². The summed E-state index contributed by atoms with van der Waals surface area (Å²) in [5.74, 6) is 5.60. The van der Waals surface area contributed by atoms with Crippen molar-refractivity contribution in [2.24, 2.45) is 10.8 Å². The lowest BCUT2D eigenvalue weighted by atomic mass is 10.2. The molecule has 0 aliphatic carbocycles. The van der Waals surface area contributed by atoms with Crippen LogP contribution in [-0.2, 0) is 11.3 Å². The lowest BCUT2D eigenvalue weighted by Crippen LogP contribution is -2.43. The highest BCUT2D eigenvalue weighted by molar-refractivity contribution is 6.30. The molecule has 1 heterocycles. The molecule has 0 aromatic heterocycles. The fraction of sp³-hybridized carbons (Fsp3) is 0.200. The molecule has 1 aromatic rings. The number of aliphatic imine (C=N–C) groups is 1. The van der Waals surface area contributed by atoms with E-state index in [9.17, 15) is 4.79 Å². The van der Waals surface area contributed by atoms with Gasteiger partial charge in [-0.3, -0.25) is 15.1 Å². The maximum Gasteiger partial charge on any atom is 0.251 e. The summed E-state index contributed by atoms with van der Waals surface area (Å²) in [6.07, 6.45) is 0. The summed E-state index contributed by atoms with van der Waals surface area (Å²) >= 11 is 5.78.